The summed E-state index contributed by atoms with van der Waals surface area (Å²) in [6.45, 7) is 3.14. The van der Waals surface area contributed by atoms with Crippen LogP contribution in [-0.2, 0) is 19.6 Å². The van der Waals surface area contributed by atoms with Gasteiger partial charge in [0.25, 0.3) is 0 Å². The molecule has 0 radical (unpaired) electrons. The molecule has 178 valence electrons. The lowest BCUT2D eigenvalue weighted by Gasteiger charge is -2.42. The van der Waals surface area contributed by atoms with E-state index in [0.29, 0.717) is 45.0 Å². The third-order valence-electron chi connectivity index (χ3n) is 6.26. The number of carbonyl (C=O) groups excluding carboxylic acids is 1. The highest BCUT2D eigenvalue weighted by Crippen LogP contribution is 2.37. The van der Waals surface area contributed by atoms with Crippen molar-refractivity contribution in [2.45, 2.75) is 24.2 Å². The van der Waals surface area contributed by atoms with Gasteiger partial charge in [0.15, 0.2) is 0 Å². The van der Waals surface area contributed by atoms with E-state index in [4.69, 9.17) is 9.47 Å². The molecule has 7 nitrogen and oxygen atoms in total. The Labute approximate surface area is 203 Å². The molecule has 2 aliphatic rings. The van der Waals surface area contributed by atoms with Crippen LogP contribution in [0.25, 0.3) is 0 Å². The van der Waals surface area contributed by atoms with Gasteiger partial charge >= 0.3 is 0 Å². The normalized spacial score (nSPS) is 22.2. The van der Waals surface area contributed by atoms with Crippen LogP contribution >= 0.6 is 15.9 Å². The van der Waals surface area contributed by atoms with Gasteiger partial charge in [0.2, 0.25) is 15.9 Å². The molecule has 2 aromatic carbocycles. The molecular formula is C24H29BrN2O5S. The van der Waals surface area contributed by atoms with Crippen molar-refractivity contribution in [3.05, 3.63) is 59.1 Å². The largest absolute Gasteiger partial charge is 0.493 e. The second-order valence-electron chi connectivity index (χ2n) is 8.67. The predicted molar refractivity (Wildman–Crippen MR) is 129 cm³/mol. The molecule has 0 saturated carbocycles. The molecule has 2 heterocycles. The second-order valence-corrected chi connectivity index (χ2v) is 11.5. The van der Waals surface area contributed by atoms with Gasteiger partial charge in [-0.3, -0.25) is 4.79 Å². The fourth-order valence-corrected chi connectivity index (χ4v) is 6.29. The standard InChI is InChI=1S/C24H29BrN2O5S/c25-20-7-9-22(10-8-20)33(29,30)27-12-4-11-24(18-27,19-32-21-5-2-1-3-6-21)17-23(28)26-13-15-31-16-14-26/h1-3,5-10H,4,11-19H2/t24-/m1/s1. The number of nitrogens with zero attached hydrogens (tertiary/aromatic N) is 2. The van der Waals surface area contributed by atoms with E-state index < -0.39 is 15.4 Å². The van der Waals surface area contributed by atoms with Gasteiger partial charge < -0.3 is 14.4 Å². The van der Waals surface area contributed by atoms with E-state index in [0.717, 1.165) is 10.9 Å². The van der Waals surface area contributed by atoms with Gasteiger partial charge in [-0.25, -0.2) is 8.42 Å². The Kier molecular flexibility index (Phi) is 7.73. The van der Waals surface area contributed by atoms with Gasteiger partial charge in [-0.15, -0.1) is 0 Å². The minimum absolute atomic E-state index is 0.0258. The molecule has 1 amide bonds. The van der Waals surface area contributed by atoms with E-state index in [2.05, 4.69) is 15.9 Å². The van der Waals surface area contributed by atoms with Crippen molar-refractivity contribution in [3.8, 4) is 5.75 Å². The Morgan fingerprint density at radius 1 is 1.03 bits per heavy atom. The first-order valence-corrected chi connectivity index (χ1v) is 13.4. The highest BCUT2D eigenvalue weighted by Gasteiger charge is 2.43. The molecular weight excluding hydrogens is 508 g/mol. The zero-order chi connectivity index (χ0) is 23.3. The number of rotatable bonds is 7. The highest BCUT2D eigenvalue weighted by atomic mass is 79.9. The van der Waals surface area contributed by atoms with Crippen LogP contribution in [0.3, 0.4) is 0 Å². The molecule has 0 bridgehead atoms. The second kappa shape index (κ2) is 10.5. The SMILES string of the molecule is O=C(C[C@]1(COc2ccccc2)CCCN(S(=O)(=O)c2ccc(Br)cc2)C1)N1CCOCC1. The lowest BCUT2D eigenvalue weighted by Crippen LogP contribution is -2.51. The Hall–Kier alpha value is -1.94. The van der Waals surface area contributed by atoms with Crippen LogP contribution in [0.1, 0.15) is 19.3 Å². The van der Waals surface area contributed by atoms with Gasteiger partial charge in [0.05, 0.1) is 24.7 Å². The molecule has 2 aliphatic heterocycles. The number of para-hydroxylation sites is 1. The van der Waals surface area contributed by atoms with Gasteiger partial charge in [-0.2, -0.15) is 4.31 Å². The van der Waals surface area contributed by atoms with E-state index in [1.165, 1.54) is 4.31 Å². The van der Waals surface area contributed by atoms with Crippen LogP contribution < -0.4 is 4.74 Å². The summed E-state index contributed by atoms with van der Waals surface area (Å²) >= 11 is 3.36. The number of hydrogen-bond donors (Lipinski definition) is 0. The van der Waals surface area contributed by atoms with E-state index >= 15 is 0 Å². The average Bonchev–Trinajstić information content (AvgIpc) is 2.84. The quantitative estimate of drug-likeness (QED) is 0.540. The number of hydrogen-bond acceptors (Lipinski definition) is 5. The number of amides is 1. The smallest absolute Gasteiger partial charge is 0.243 e. The summed E-state index contributed by atoms with van der Waals surface area (Å²) in [6, 6.07) is 16.1. The molecule has 4 rings (SSSR count). The van der Waals surface area contributed by atoms with E-state index in [9.17, 15) is 13.2 Å². The first-order chi connectivity index (χ1) is 15.9. The number of carbonyl (C=O) groups is 1. The van der Waals surface area contributed by atoms with E-state index in [-0.39, 0.29) is 30.4 Å². The molecule has 9 heteroatoms. The number of ether oxygens (including phenoxy) is 2. The molecule has 0 unspecified atom stereocenters. The highest BCUT2D eigenvalue weighted by molar-refractivity contribution is 9.10. The molecule has 0 spiro atoms. The third-order valence-corrected chi connectivity index (χ3v) is 8.64. The van der Waals surface area contributed by atoms with Crippen molar-refractivity contribution in [1.82, 2.24) is 9.21 Å². The zero-order valence-electron chi connectivity index (χ0n) is 18.5. The van der Waals surface area contributed by atoms with Gasteiger partial charge in [-0.1, -0.05) is 34.1 Å². The van der Waals surface area contributed by atoms with Crippen molar-refractivity contribution in [2.24, 2.45) is 5.41 Å². The Bertz CT molecular complexity index is 1040. The first kappa shape index (κ1) is 24.2. The number of benzene rings is 2. The molecule has 0 aliphatic carbocycles. The van der Waals surface area contributed by atoms with Crippen molar-refractivity contribution in [3.63, 3.8) is 0 Å². The van der Waals surface area contributed by atoms with Crippen molar-refractivity contribution in [2.75, 3.05) is 46.0 Å². The van der Waals surface area contributed by atoms with Crippen LogP contribution in [0.2, 0.25) is 0 Å². The summed E-state index contributed by atoms with van der Waals surface area (Å²) in [4.78, 5) is 15.3. The summed E-state index contributed by atoms with van der Waals surface area (Å²) in [7, 11) is -3.68. The fourth-order valence-electron chi connectivity index (χ4n) is 4.44. The third kappa shape index (κ3) is 5.95. The number of halogens is 1. The van der Waals surface area contributed by atoms with E-state index in [1.807, 2.05) is 35.2 Å². The topological polar surface area (TPSA) is 76.2 Å². The zero-order valence-corrected chi connectivity index (χ0v) is 20.9. The van der Waals surface area contributed by atoms with Gasteiger partial charge in [-0.05, 0) is 49.2 Å². The monoisotopic (exact) mass is 536 g/mol. The average molecular weight is 537 g/mol. The Morgan fingerprint density at radius 3 is 2.42 bits per heavy atom. The van der Waals surface area contributed by atoms with Crippen LogP contribution in [0.4, 0.5) is 0 Å². The molecule has 2 fully saturated rings. The van der Waals surface area contributed by atoms with Crippen molar-refractivity contribution >= 4 is 31.9 Å². The molecule has 33 heavy (non-hydrogen) atoms. The molecule has 2 aromatic rings. The van der Waals surface area contributed by atoms with Crippen LogP contribution in [-0.4, -0.2) is 69.5 Å². The van der Waals surface area contributed by atoms with Gasteiger partial charge in [0.1, 0.15) is 5.75 Å². The van der Waals surface area contributed by atoms with E-state index in [1.54, 1.807) is 24.3 Å². The number of piperidine rings is 1. The van der Waals surface area contributed by atoms with Crippen LogP contribution in [0, 0.1) is 5.41 Å². The maximum atomic E-state index is 13.4. The minimum Gasteiger partial charge on any atom is -0.493 e. The summed E-state index contributed by atoms with van der Waals surface area (Å²) in [5.41, 5.74) is -0.605. The predicted octanol–water partition coefficient (Wildman–Crippen LogP) is 3.55. The van der Waals surface area contributed by atoms with Crippen molar-refractivity contribution in [1.29, 1.82) is 0 Å². The van der Waals surface area contributed by atoms with Crippen LogP contribution in [0.15, 0.2) is 64.0 Å². The Balaban J connectivity index is 1.57. The fraction of sp³-hybridized carbons (Fsp3) is 0.458. The lowest BCUT2D eigenvalue weighted by molar-refractivity contribution is -0.139. The number of morpholine rings is 1. The van der Waals surface area contributed by atoms with Gasteiger partial charge in [0, 0.05) is 42.5 Å². The Morgan fingerprint density at radius 2 is 1.73 bits per heavy atom. The van der Waals surface area contributed by atoms with Crippen molar-refractivity contribution < 1.29 is 22.7 Å². The lowest BCUT2D eigenvalue weighted by atomic mass is 9.78. The maximum absolute atomic E-state index is 13.4. The first-order valence-electron chi connectivity index (χ1n) is 11.2. The summed E-state index contributed by atoms with van der Waals surface area (Å²) in [5.74, 6) is 0.737. The summed E-state index contributed by atoms with van der Waals surface area (Å²) in [6.07, 6.45) is 1.64. The van der Waals surface area contributed by atoms with Crippen LogP contribution in [0.5, 0.6) is 5.75 Å². The molecule has 1 atom stereocenters. The molecule has 0 aromatic heterocycles. The summed E-state index contributed by atoms with van der Waals surface area (Å²) in [5, 5.41) is 0. The minimum atomic E-state index is -3.68. The number of sulfonamides is 1. The molecule has 0 N–H and O–H groups in total. The summed E-state index contributed by atoms with van der Waals surface area (Å²) < 4.78 is 40.6. The maximum Gasteiger partial charge on any atom is 0.243 e. The molecule has 2 saturated heterocycles.